The summed E-state index contributed by atoms with van der Waals surface area (Å²) < 4.78 is 5.98. The third-order valence-electron chi connectivity index (χ3n) is 2.96. The first-order valence-electron chi connectivity index (χ1n) is 6.18. The zero-order valence-electron chi connectivity index (χ0n) is 10.8. The summed E-state index contributed by atoms with van der Waals surface area (Å²) in [6.45, 7) is 0. The number of halogens is 2. The lowest BCUT2D eigenvalue weighted by molar-refractivity contribution is 0.418. The second kappa shape index (κ2) is 5.87. The van der Waals surface area contributed by atoms with Crippen LogP contribution in [-0.2, 0) is 6.42 Å². The van der Waals surface area contributed by atoms with Crippen molar-refractivity contribution < 1.29 is 9.63 Å². The van der Waals surface area contributed by atoms with Crippen LogP contribution in [0.4, 0.5) is 0 Å². The number of rotatable bonds is 3. The van der Waals surface area contributed by atoms with Crippen LogP contribution in [0, 0.1) is 0 Å². The Labute approximate surface area is 134 Å². The highest BCUT2D eigenvalue weighted by atomic mass is 79.9. The summed E-state index contributed by atoms with van der Waals surface area (Å²) in [6, 6.07) is 12.6. The largest absolute Gasteiger partial charge is 0.507 e. The standard InChI is InChI=1S/C15H10BrClN2O2/c16-10-5-6-11(13(20)8-10)15-18-14(19-21-15)7-9-3-1-2-4-12(9)17/h1-6,8,20H,7H2. The Morgan fingerprint density at radius 1 is 1.19 bits per heavy atom. The molecule has 2 aromatic carbocycles. The van der Waals surface area contributed by atoms with Crippen LogP contribution in [0.2, 0.25) is 5.02 Å². The van der Waals surface area contributed by atoms with Crippen molar-refractivity contribution in [2.45, 2.75) is 6.42 Å². The fourth-order valence-corrected chi connectivity index (χ4v) is 2.48. The molecule has 6 heteroatoms. The van der Waals surface area contributed by atoms with Crippen molar-refractivity contribution in [1.82, 2.24) is 10.1 Å². The van der Waals surface area contributed by atoms with Crippen molar-refractivity contribution in [2.24, 2.45) is 0 Å². The van der Waals surface area contributed by atoms with Gasteiger partial charge >= 0.3 is 0 Å². The molecule has 0 atom stereocenters. The second-order valence-electron chi connectivity index (χ2n) is 4.45. The van der Waals surface area contributed by atoms with E-state index >= 15 is 0 Å². The molecule has 106 valence electrons. The maximum Gasteiger partial charge on any atom is 0.261 e. The summed E-state index contributed by atoms with van der Waals surface area (Å²) in [5.74, 6) is 0.875. The Morgan fingerprint density at radius 2 is 2.00 bits per heavy atom. The molecular weight excluding hydrogens is 356 g/mol. The average molecular weight is 366 g/mol. The predicted molar refractivity (Wildman–Crippen MR) is 83.4 cm³/mol. The van der Waals surface area contributed by atoms with Crippen LogP contribution >= 0.6 is 27.5 Å². The smallest absolute Gasteiger partial charge is 0.261 e. The van der Waals surface area contributed by atoms with E-state index in [1.165, 1.54) is 0 Å². The number of nitrogens with zero attached hydrogens (tertiary/aromatic N) is 2. The van der Waals surface area contributed by atoms with E-state index in [2.05, 4.69) is 26.1 Å². The van der Waals surface area contributed by atoms with Gasteiger partial charge in [0.15, 0.2) is 5.82 Å². The van der Waals surface area contributed by atoms with Crippen LogP contribution in [0.1, 0.15) is 11.4 Å². The SMILES string of the molecule is Oc1cc(Br)ccc1-c1nc(Cc2ccccc2Cl)no1. The first-order valence-corrected chi connectivity index (χ1v) is 7.35. The summed E-state index contributed by atoms with van der Waals surface area (Å²) in [5.41, 5.74) is 1.42. The molecule has 0 saturated carbocycles. The minimum absolute atomic E-state index is 0.0809. The maximum atomic E-state index is 9.91. The number of phenolic OH excluding ortho intramolecular Hbond substituents is 1. The molecule has 1 aromatic heterocycles. The van der Waals surface area contributed by atoms with E-state index in [0.29, 0.717) is 22.8 Å². The molecule has 0 saturated heterocycles. The molecule has 0 radical (unpaired) electrons. The first kappa shape index (κ1) is 14.1. The van der Waals surface area contributed by atoms with Gasteiger partial charge in [0, 0.05) is 15.9 Å². The molecule has 0 fully saturated rings. The molecule has 0 amide bonds. The summed E-state index contributed by atoms with van der Waals surface area (Å²) in [7, 11) is 0. The topological polar surface area (TPSA) is 59.2 Å². The van der Waals surface area contributed by atoms with Crippen molar-refractivity contribution in [3.05, 3.63) is 63.3 Å². The van der Waals surface area contributed by atoms with Crippen LogP contribution in [0.15, 0.2) is 51.5 Å². The first-order chi connectivity index (χ1) is 10.1. The van der Waals surface area contributed by atoms with Gasteiger partial charge in [0.1, 0.15) is 5.75 Å². The summed E-state index contributed by atoms with van der Waals surface area (Å²) in [4.78, 5) is 4.30. The highest BCUT2D eigenvalue weighted by Crippen LogP contribution is 2.30. The van der Waals surface area contributed by atoms with Gasteiger partial charge in [-0.05, 0) is 29.8 Å². The Kier molecular flexibility index (Phi) is 3.94. The van der Waals surface area contributed by atoms with Crippen LogP contribution < -0.4 is 0 Å². The lowest BCUT2D eigenvalue weighted by Crippen LogP contribution is -1.91. The van der Waals surface area contributed by atoms with Gasteiger partial charge in [-0.25, -0.2) is 0 Å². The van der Waals surface area contributed by atoms with Gasteiger partial charge in [0.25, 0.3) is 5.89 Å². The quantitative estimate of drug-likeness (QED) is 0.745. The van der Waals surface area contributed by atoms with Crippen LogP contribution in [0.3, 0.4) is 0 Å². The molecule has 4 nitrogen and oxygen atoms in total. The zero-order valence-corrected chi connectivity index (χ0v) is 13.1. The molecule has 21 heavy (non-hydrogen) atoms. The van der Waals surface area contributed by atoms with E-state index in [9.17, 15) is 5.11 Å². The minimum atomic E-state index is 0.0809. The van der Waals surface area contributed by atoms with Crippen LogP contribution in [0.25, 0.3) is 11.5 Å². The molecule has 0 bridgehead atoms. The van der Waals surface area contributed by atoms with Crippen LogP contribution in [0.5, 0.6) is 5.75 Å². The number of hydrogen-bond acceptors (Lipinski definition) is 4. The van der Waals surface area contributed by atoms with Gasteiger partial charge in [-0.3, -0.25) is 0 Å². The highest BCUT2D eigenvalue weighted by molar-refractivity contribution is 9.10. The highest BCUT2D eigenvalue weighted by Gasteiger charge is 2.14. The van der Waals surface area contributed by atoms with Gasteiger partial charge < -0.3 is 9.63 Å². The van der Waals surface area contributed by atoms with Crippen molar-refractivity contribution in [3.63, 3.8) is 0 Å². The van der Waals surface area contributed by atoms with Crippen molar-refractivity contribution in [3.8, 4) is 17.2 Å². The van der Waals surface area contributed by atoms with Gasteiger partial charge in [-0.2, -0.15) is 4.98 Å². The molecule has 0 aliphatic rings. The van der Waals surface area contributed by atoms with Crippen molar-refractivity contribution >= 4 is 27.5 Å². The summed E-state index contributed by atoms with van der Waals surface area (Å²) in [5, 5.41) is 14.5. The molecule has 1 heterocycles. The molecule has 0 unspecified atom stereocenters. The Balaban J connectivity index is 1.88. The molecule has 0 aliphatic heterocycles. The van der Waals surface area contributed by atoms with E-state index < -0.39 is 0 Å². The predicted octanol–water partition coefficient (Wildman–Crippen LogP) is 4.45. The number of aromatic nitrogens is 2. The lowest BCUT2D eigenvalue weighted by atomic mass is 10.1. The van der Waals surface area contributed by atoms with Gasteiger partial charge in [-0.15, -0.1) is 0 Å². The van der Waals surface area contributed by atoms with Crippen LogP contribution in [-0.4, -0.2) is 15.2 Å². The Morgan fingerprint density at radius 3 is 2.76 bits per heavy atom. The second-order valence-corrected chi connectivity index (χ2v) is 5.77. The number of hydrogen-bond donors (Lipinski definition) is 1. The third-order valence-corrected chi connectivity index (χ3v) is 3.83. The van der Waals surface area contributed by atoms with Gasteiger partial charge in [0.05, 0.1) is 5.56 Å². The molecule has 0 aliphatic carbocycles. The van der Waals surface area contributed by atoms with Crippen molar-refractivity contribution in [1.29, 1.82) is 0 Å². The van der Waals surface area contributed by atoms with E-state index in [4.69, 9.17) is 16.1 Å². The monoisotopic (exact) mass is 364 g/mol. The zero-order chi connectivity index (χ0) is 14.8. The fraction of sp³-hybridized carbons (Fsp3) is 0.0667. The Hall–Kier alpha value is -1.85. The molecule has 1 N–H and O–H groups in total. The molecular formula is C15H10BrClN2O2. The molecule has 0 spiro atoms. The van der Waals surface area contributed by atoms with E-state index in [-0.39, 0.29) is 11.6 Å². The van der Waals surface area contributed by atoms with E-state index in [0.717, 1.165) is 10.0 Å². The van der Waals surface area contributed by atoms with Gasteiger partial charge in [-0.1, -0.05) is 50.9 Å². The average Bonchev–Trinajstić information content (AvgIpc) is 2.90. The molecule has 3 rings (SSSR count). The number of aromatic hydroxyl groups is 1. The number of benzene rings is 2. The molecule has 3 aromatic rings. The summed E-state index contributed by atoms with van der Waals surface area (Å²) >= 11 is 9.39. The van der Waals surface area contributed by atoms with Crippen molar-refractivity contribution in [2.75, 3.05) is 0 Å². The van der Waals surface area contributed by atoms with E-state index in [1.807, 2.05) is 24.3 Å². The number of phenols is 1. The summed E-state index contributed by atoms with van der Waals surface area (Å²) in [6.07, 6.45) is 0.473. The lowest BCUT2D eigenvalue weighted by Gasteiger charge is -2.00. The van der Waals surface area contributed by atoms with E-state index in [1.54, 1.807) is 18.2 Å². The normalized spacial score (nSPS) is 10.8. The maximum absolute atomic E-state index is 9.91. The Bertz CT molecular complexity index is 789. The van der Waals surface area contributed by atoms with Gasteiger partial charge in [0.2, 0.25) is 0 Å². The minimum Gasteiger partial charge on any atom is -0.507 e. The fourth-order valence-electron chi connectivity index (χ4n) is 1.93. The third kappa shape index (κ3) is 3.09.